The van der Waals surface area contributed by atoms with E-state index >= 15 is 0 Å². The number of hydrogen-bond acceptors (Lipinski definition) is 7. The standard InChI is InChI=1S/C34H36FN3O6/c1-7-30(44-32(39)27-9-8-16-36-27)43-22-12-13-24(29(18-22)41-6)23-14-15-26-31(38(5)33(40)34(3,4)37-26)25(23)19-42-28-17-21(35)11-10-20(28)2/h8-18,30,36-37H,7,19H2,1-6H3. The second-order valence-corrected chi connectivity index (χ2v) is 11.1. The molecule has 1 aromatic heterocycles. The number of esters is 1. The predicted octanol–water partition coefficient (Wildman–Crippen LogP) is 6.86. The molecule has 0 saturated carbocycles. The topological polar surface area (TPSA) is 102 Å². The van der Waals surface area contributed by atoms with E-state index in [2.05, 4.69) is 10.3 Å². The SMILES string of the molecule is CCC(OC(=O)c1ccc[nH]1)Oc1ccc(-c2ccc3c(c2COc2cc(F)ccc2C)N(C)C(=O)C(C)(C)N3)c(OC)c1. The number of rotatable bonds is 10. The lowest BCUT2D eigenvalue weighted by Gasteiger charge is -2.39. The Hall–Kier alpha value is -4.99. The molecule has 2 heterocycles. The van der Waals surface area contributed by atoms with Crippen LogP contribution in [0.4, 0.5) is 15.8 Å². The number of nitrogens with zero attached hydrogens (tertiary/aromatic N) is 1. The molecular weight excluding hydrogens is 565 g/mol. The number of likely N-dealkylation sites (N-methyl/N-ethyl adjacent to an activating group) is 1. The normalized spacial score (nSPS) is 14.3. The molecule has 2 N–H and O–H groups in total. The second kappa shape index (κ2) is 12.3. The highest BCUT2D eigenvalue weighted by Gasteiger charge is 2.39. The van der Waals surface area contributed by atoms with Gasteiger partial charge < -0.3 is 34.1 Å². The summed E-state index contributed by atoms with van der Waals surface area (Å²) in [6, 6.07) is 16.9. The maximum Gasteiger partial charge on any atom is 0.357 e. The van der Waals surface area contributed by atoms with Gasteiger partial charge >= 0.3 is 5.97 Å². The van der Waals surface area contributed by atoms with Crippen LogP contribution >= 0.6 is 0 Å². The molecule has 1 aliphatic rings. The van der Waals surface area contributed by atoms with Gasteiger partial charge in [0.15, 0.2) is 0 Å². The molecule has 0 bridgehead atoms. The van der Waals surface area contributed by atoms with Crippen molar-refractivity contribution in [3.8, 4) is 28.4 Å². The zero-order chi connectivity index (χ0) is 31.6. The first-order chi connectivity index (χ1) is 21.0. The van der Waals surface area contributed by atoms with Crippen molar-refractivity contribution in [1.82, 2.24) is 4.98 Å². The van der Waals surface area contributed by atoms with Gasteiger partial charge in [-0.1, -0.05) is 19.1 Å². The molecule has 5 rings (SSSR count). The molecule has 9 nitrogen and oxygen atoms in total. The van der Waals surface area contributed by atoms with Gasteiger partial charge in [0.05, 0.1) is 18.5 Å². The molecule has 44 heavy (non-hydrogen) atoms. The van der Waals surface area contributed by atoms with E-state index in [0.29, 0.717) is 40.6 Å². The molecule has 1 aliphatic heterocycles. The van der Waals surface area contributed by atoms with Gasteiger partial charge in [0.25, 0.3) is 5.91 Å². The van der Waals surface area contributed by atoms with Crippen LogP contribution in [0, 0.1) is 12.7 Å². The minimum atomic E-state index is -0.822. The monoisotopic (exact) mass is 601 g/mol. The lowest BCUT2D eigenvalue weighted by molar-refractivity contribution is -0.121. The van der Waals surface area contributed by atoms with Crippen molar-refractivity contribution in [2.24, 2.45) is 0 Å². The maximum atomic E-state index is 14.1. The maximum absolute atomic E-state index is 14.1. The molecule has 3 aromatic carbocycles. The molecule has 0 spiro atoms. The predicted molar refractivity (Wildman–Crippen MR) is 166 cm³/mol. The van der Waals surface area contributed by atoms with Gasteiger partial charge in [-0.3, -0.25) is 4.79 Å². The zero-order valence-corrected chi connectivity index (χ0v) is 25.6. The highest BCUT2D eigenvalue weighted by Crippen LogP contribution is 2.45. The third kappa shape index (κ3) is 6.06. The van der Waals surface area contributed by atoms with Crippen LogP contribution in [0.3, 0.4) is 0 Å². The van der Waals surface area contributed by atoms with Crippen molar-refractivity contribution >= 4 is 23.3 Å². The van der Waals surface area contributed by atoms with Crippen LogP contribution in [0.25, 0.3) is 11.1 Å². The molecule has 0 fully saturated rings. The van der Waals surface area contributed by atoms with Crippen molar-refractivity contribution in [3.05, 3.63) is 89.5 Å². The van der Waals surface area contributed by atoms with Crippen LogP contribution in [0.5, 0.6) is 17.2 Å². The van der Waals surface area contributed by atoms with Gasteiger partial charge in [-0.25, -0.2) is 9.18 Å². The van der Waals surface area contributed by atoms with Crippen LogP contribution in [0.2, 0.25) is 0 Å². The number of nitrogens with one attached hydrogen (secondary N) is 2. The van der Waals surface area contributed by atoms with Crippen LogP contribution in [-0.4, -0.2) is 42.8 Å². The molecule has 230 valence electrons. The number of methoxy groups -OCH3 is 1. The fraction of sp³-hybridized carbons (Fsp3) is 0.294. The number of hydrogen-bond donors (Lipinski definition) is 2. The second-order valence-electron chi connectivity index (χ2n) is 11.1. The van der Waals surface area contributed by atoms with Gasteiger partial charge in [0.2, 0.25) is 6.29 Å². The molecule has 1 amide bonds. The van der Waals surface area contributed by atoms with E-state index < -0.39 is 23.6 Å². The number of halogens is 1. The van der Waals surface area contributed by atoms with E-state index in [0.717, 1.165) is 22.4 Å². The van der Waals surface area contributed by atoms with E-state index in [9.17, 15) is 14.0 Å². The van der Waals surface area contributed by atoms with Gasteiger partial charge in [-0.05, 0) is 68.3 Å². The Morgan fingerprint density at radius 3 is 2.52 bits per heavy atom. The molecule has 1 atom stereocenters. The Labute approximate surface area is 255 Å². The molecular formula is C34H36FN3O6. The number of aromatic nitrogens is 1. The summed E-state index contributed by atoms with van der Waals surface area (Å²) in [5, 5.41) is 3.34. The summed E-state index contributed by atoms with van der Waals surface area (Å²) in [6.07, 6.45) is 1.25. The van der Waals surface area contributed by atoms with Gasteiger partial charge in [-0.15, -0.1) is 0 Å². The van der Waals surface area contributed by atoms with E-state index in [-0.39, 0.29) is 12.5 Å². The Morgan fingerprint density at radius 2 is 1.82 bits per heavy atom. The largest absolute Gasteiger partial charge is 0.496 e. The molecule has 1 unspecified atom stereocenters. The zero-order valence-electron chi connectivity index (χ0n) is 25.6. The Kier molecular flexibility index (Phi) is 8.53. The number of benzene rings is 3. The number of amides is 1. The molecule has 0 aliphatic carbocycles. The number of ether oxygens (including phenoxy) is 4. The average Bonchev–Trinajstić information content (AvgIpc) is 3.55. The van der Waals surface area contributed by atoms with E-state index in [1.54, 1.807) is 55.6 Å². The van der Waals surface area contributed by atoms with Crippen LogP contribution < -0.4 is 24.4 Å². The summed E-state index contributed by atoms with van der Waals surface area (Å²) in [6.45, 7) is 7.41. The molecule has 10 heteroatoms. The summed E-state index contributed by atoms with van der Waals surface area (Å²) in [7, 11) is 3.29. The quantitative estimate of drug-likeness (QED) is 0.151. The summed E-state index contributed by atoms with van der Waals surface area (Å²) in [5.74, 6) is 0.307. The first-order valence-electron chi connectivity index (χ1n) is 14.3. The van der Waals surface area contributed by atoms with Crippen LogP contribution in [0.1, 0.15) is 48.8 Å². The lowest BCUT2D eigenvalue weighted by atomic mass is 9.91. The van der Waals surface area contributed by atoms with Crippen molar-refractivity contribution in [2.75, 3.05) is 24.4 Å². The first-order valence-corrected chi connectivity index (χ1v) is 14.3. The van der Waals surface area contributed by atoms with Crippen LogP contribution in [0.15, 0.2) is 66.9 Å². The minimum absolute atomic E-state index is 0.0521. The Bertz CT molecular complexity index is 1680. The van der Waals surface area contributed by atoms with Crippen molar-refractivity contribution < 1.29 is 32.9 Å². The molecule has 0 saturated heterocycles. The number of H-pyrrole nitrogens is 1. The summed E-state index contributed by atoms with van der Waals surface area (Å²) in [4.78, 5) is 30.2. The van der Waals surface area contributed by atoms with E-state index in [1.165, 1.54) is 12.1 Å². The van der Waals surface area contributed by atoms with Crippen molar-refractivity contribution in [1.29, 1.82) is 0 Å². The third-order valence-electron chi connectivity index (χ3n) is 7.55. The minimum Gasteiger partial charge on any atom is -0.496 e. The van der Waals surface area contributed by atoms with Gasteiger partial charge in [0.1, 0.15) is 40.9 Å². The summed E-state index contributed by atoms with van der Waals surface area (Å²) >= 11 is 0. The third-order valence-corrected chi connectivity index (χ3v) is 7.55. The lowest BCUT2D eigenvalue weighted by Crippen LogP contribution is -2.52. The van der Waals surface area contributed by atoms with Gasteiger partial charge in [-0.2, -0.15) is 0 Å². The molecule has 0 radical (unpaired) electrons. The van der Waals surface area contributed by atoms with E-state index in [1.807, 2.05) is 45.9 Å². The van der Waals surface area contributed by atoms with Crippen LogP contribution in [-0.2, 0) is 16.1 Å². The number of anilines is 2. The number of aryl methyl sites for hydroxylation is 1. The fourth-order valence-corrected chi connectivity index (χ4v) is 5.26. The number of fused-ring (bicyclic) bond motifs is 1. The fourth-order valence-electron chi connectivity index (χ4n) is 5.26. The number of aromatic amines is 1. The number of carbonyl (C=O) groups is 2. The van der Waals surface area contributed by atoms with Gasteiger partial charge in [0, 0.05) is 42.9 Å². The first kappa shape index (κ1) is 30.5. The van der Waals surface area contributed by atoms with Crippen molar-refractivity contribution in [2.45, 2.75) is 52.6 Å². The highest BCUT2D eigenvalue weighted by atomic mass is 19.1. The highest BCUT2D eigenvalue weighted by molar-refractivity contribution is 6.08. The van der Waals surface area contributed by atoms with E-state index in [4.69, 9.17) is 18.9 Å². The Balaban J connectivity index is 1.52. The summed E-state index contributed by atoms with van der Waals surface area (Å²) in [5.41, 5.74) is 3.92. The summed E-state index contributed by atoms with van der Waals surface area (Å²) < 4.78 is 37.6. The smallest absolute Gasteiger partial charge is 0.357 e. The average molecular weight is 602 g/mol. The Morgan fingerprint density at radius 1 is 1.05 bits per heavy atom. The number of carbonyl (C=O) groups excluding carboxylic acids is 2. The van der Waals surface area contributed by atoms with Crippen molar-refractivity contribution in [3.63, 3.8) is 0 Å². The molecule has 4 aromatic rings.